The quantitative estimate of drug-likeness (QED) is 0.441. The van der Waals surface area contributed by atoms with Crippen molar-refractivity contribution in [2.24, 2.45) is 0 Å². The Bertz CT molecular complexity index is 1320. The number of aliphatic carboxylic acids is 1. The lowest BCUT2D eigenvalue weighted by atomic mass is 10.0. The number of halogens is 4. The molecule has 2 aliphatic heterocycles. The van der Waals surface area contributed by atoms with Gasteiger partial charge in [-0.2, -0.15) is 13.2 Å². The lowest BCUT2D eigenvalue weighted by Crippen LogP contribution is -2.44. The fourth-order valence-electron chi connectivity index (χ4n) is 4.39. The van der Waals surface area contributed by atoms with Crippen LogP contribution in [-0.2, 0) is 4.79 Å². The number of pyridine rings is 2. The zero-order valence-corrected chi connectivity index (χ0v) is 20.0. The molecule has 2 amide bonds. The number of amides is 2. The van der Waals surface area contributed by atoms with Gasteiger partial charge in [0.2, 0.25) is 0 Å². The van der Waals surface area contributed by atoms with E-state index in [1.54, 1.807) is 34.8 Å². The molecule has 0 radical (unpaired) electrons. The number of carboxylic acid groups (broad SMARTS) is 1. The maximum atomic E-state index is 14.4. The third-order valence-electron chi connectivity index (χ3n) is 5.97. The molecule has 3 aromatic heterocycles. The average Bonchev–Trinajstić information content (AvgIpc) is 3.39. The Morgan fingerprint density at radius 3 is 2.54 bits per heavy atom. The van der Waals surface area contributed by atoms with E-state index < -0.39 is 18.0 Å². The van der Waals surface area contributed by atoms with Crippen molar-refractivity contribution in [1.82, 2.24) is 19.7 Å². The van der Waals surface area contributed by atoms with E-state index in [0.717, 1.165) is 37.4 Å². The van der Waals surface area contributed by atoms with E-state index in [9.17, 15) is 22.4 Å². The van der Waals surface area contributed by atoms with Crippen LogP contribution in [-0.4, -0.2) is 70.4 Å². The van der Waals surface area contributed by atoms with Gasteiger partial charge in [0.15, 0.2) is 11.5 Å². The SMILES string of the molecule is Cc1cn2cc(NC(=O)N3CC(C)c4c(N5CCNCC5)ccnc43)cc(F)c2n1.O=C(O)C(F)(F)F. The first kappa shape index (κ1) is 26.1. The van der Waals surface area contributed by atoms with Gasteiger partial charge in [-0.15, -0.1) is 0 Å². The normalized spacial score (nSPS) is 17.3. The number of aromatic nitrogens is 3. The van der Waals surface area contributed by atoms with Crippen molar-refractivity contribution >= 4 is 34.8 Å². The van der Waals surface area contributed by atoms with Crippen LogP contribution in [0.2, 0.25) is 0 Å². The van der Waals surface area contributed by atoms with Gasteiger partial charge in [-0.25, -0.2) is 23.9 Å². The first-order valence-corrected chi connectivity index (χ1v) is 11.4. The minimum Gasteiger partial charge on any atom is -0.475 e. The van der Waals surface area contributed by atoms with Crippen LogP contribution in [0.4, 0.5) is 39.5 Å². The molecule has 1 unspecified atom stereocenters. The van der Waals surface area contributed by atoms with Gasteiger partial charge < -0.3 is 25.0 Å². The van der Waals surface area contributed by atoms with Crippen molar-refractivity contribution < 1.29 is 32.3 Å². The van der Waals surface area contributed by atoms with E-state index in [1.807, 2.05) is 6.07 Å². The van der Waals surface area contributed by atoms with Gasteiger partial charge in [0.25, 0.3) is 0 Å². The van der Waals surface area contributed by atoms with Gasteiger partial charge in [-0.3, -0.25) is 4.90 Å². The first-order chi connectivity index (χ1) is 17.5. The highest BCUT2D eigenvalue weighted by atomic mass is 19.4. The van der Waals surface area contributed by atoms with Crippen molar-refractivity contribution in [2.75, 3.05) is 47.8 Å². The predicted octanol–water partition coefficient (Wildman–Crippen LogP) is 3.38. The van der Waals surface area contributed by atoms with E-state index in [4.69, 9.17) is 9.90 Å². The Labute approximate surface area is 208 Å². The summed E-state index contributed by atoms with van der Waals surface area (Å²) in [7, 11) is 0. The molecule has 3 aromatic rings. The highest BCUT2D eigenvalue weighted by Crippen LogP contribution is 2.41. The summed E-state index contributed by atoms with van der Waals surface area (Å²) in [6.07, 6.45) is 0.0679. The Morgan fingerprint density at radius 2 is 1.89 bits per heavy atom. The monoisotopic (exact) mass is 523 g/mol. The van der Waals surface area contributed by atoms with Crippen molar-refractivity contribution in [2.45, 2.75) is 25.9 Å². The molecule has 2 aliphatic rings. The largest absolute Gasteiger partial charge is 0.490 e. The molecule has 0 aromatic carbocycles. The standard InChI is InChI=1S/C21H24FN7O.C2HF3O2/c1-13-10-29(20-18(13)17(3-4-24-20)27-7-5-23-6-8-27)21(30)26-15-9-16(22)19-25-14(2)11-28(19)12-15;3-2(4,5)1(6)7/h3-4,9,11-13,23H,5-8,10H2,1-2H3,(H,26,30);(H,6,7). The molecule has 0 saturated carbocycles. The van der Waals surface area contributed by atoms with Crippen LogP contribution in [0.3, 0.4) is 0 Å². The topological polar surface area (TPSA) is 115 Å². The summed E-state index contributed by atoms with van der Waals surface area (Å²) in [4.78, 5) is 34.6. The first-order valence-electron chi connectivity index (χ1n) is 11.4. The van der Waals surface area contributed by atoms with Crippen molar-refractivity contribution in [1.29, 1.82) is 0 Å². The number of fused-ring (bicyclic) bond motifs is 2. The molecule has 0 aliphatic carbocycles. The number of nitrogens with zero attached hydrogens (tertiary/aromatic N) is 5. The number of anilines is 3. The number of piperazine rings is 1. The van der Waals surface area contributed by atoms with Crippen LogP contribution >= 0.6 is 0 Å². The number of carbonyl (C=O) groups excluding carboxylic acids is 1. The average molecular weight is 523 g/mol. The van der Waals surface area contributed by atoms with Crippen LogP contribution < -0.4 is 20.4 Å². The lowest BCUT2D eigenvalue weighted by molar-refractivity contribution is -0.192. The molecule has 5 heterocycles. The maximum Gasteiger partial charge on any atom is 0.490 e. The fourth-order valence-corrected chi connectivity index (χ4v) is 4.39. The van der Waals surface area contributed by atoms with Crippen molar-refractivity contribution in [3.05, 3.63) is 47.8 Å². The highest BCUT2D eigenvalue weighted by Gasteiger charge is 2.38. The van der Waals surface area contributed by atoms with Crippen LogP contribution in [0.1, 0.15) is 24.1 Å². The third kappa shape index (κ3) is 5.58. The van der Waals surface area contributed by atoms with Gasteiger partial charge in [-0.05, 0) is 13.0 Å². The second kappa shape index (κ2) is 10.2. The van der Waals surface area contributed by atoms with E-state index in [1.165, 1.54) is 6.07 Å². The van der Waals surface area contributed by atoms with Gasteiger partial charge in [0, 0.05) is 74.5 Å². The molecular weight excluding hydrogens is 498 g/mol. The number of imidazole rings is 1. The van der Waals surface area contributed by atoms with E-state index >= 15 is 0 Å². The zero-order chi connectivity index (χ0) is 26.9. The van der Waals surface area contributed by atoms with Crippen molar-refractivity contribution in [3.8, 4) is 0 Å². The van der Waals surface area contributed by atoms with Gasteiger partial charge in [0.1, 0.15) is 5.82 Å². The number of rotatable bonds is 2. The van der Waals surface area contributed by atoms with E-state index in [-0.39, 0.29) is 17.6 Å². The molecule has 37 heavy (non-hydrogen) atoms. The Hall–Kier alpha value is -3.94. The lowest BCUT2D eigenvalue weighted by Gasteiger charge is -2.31. The minimum absolute atomic E-state index is 0.167. The van der Waals surface area contributed by atoms with E-state index in [2.05, 4.69) is 32.4 Å². The number of aryl methyl sites for hydroxylation is 1. The molecule has 1 atom stereocenters. The number of urea groups is 1. The van der Waals surface area contributed by atoms with Crippen LogP contribution in [0, 0.1) is 12.7 Å². The predicted molar refractivity (Wildman–Crippen MR) is 128 cm³/mol. The number of carboxylic acids is 1. The summed E-state index contributed by atoms with van der Waals surface area (Å²) >= 11 is 0. The molecule has 0 bridgehead atoms. The second-order valence-corrected chi connectivity index (χ2v) is 8.74. The second-order valence-electron chi connectivity index (χ2n) is 8.74. The summed E-state index contributed by atoms with van der Waals surface area (Å²) in [6, 6.07) is 3.01. The third-order valence-corrected chi connectivity index (χ3v) is 5.97. The zero-order valence-electron chi connectivity index (χ0n) is 20.0. The maximum absolute atomic E-state index is 14.4. The number of nitrogens with one attached hydrogen (secondary N) is 2. The molecule has 10 nitrogen and oxygen atoms in total. The number of hydrogen-bond donors (Lipinski definition) is 3. The molecule has 1 fully saturated rings. The molecular formula is C23H25F4N7O3. The van der Waals surface area contributed by atoms with Crippen LogP contribution in [0.15, 0.2) is 30.7 Å². The van der Waals surface area contributed by atoms with Crippen LogP contribution in [0.25, 0.3) is 5.65 Å². The summed E-state index contributed by atoms with van der Waals surface area (Å²) < 4.78 is 47.7. The minimum atomic E-state index is -5.08. The molecule has 1 saturated heterocycles. The summed E-state index contributed by atoms with van der Waals surface area (Å²) in [5.74, 6) is -2.39. The molecule has 14 heteroatoms. The van der Waals surface area contributed by atoms with Gasteiger partial charge in [0.05, 0.1) is 11.4 Å². The highest BCUT2D eigenvalue weighted by molar-refractivity contribution is 6.03. The molecule has 5 rings (SSSR count). The Balaban J connectivity index is 0.000000405. The number of carbonyl (C=O) groups is 2. The van der Waals surface area contributed by atoms with Gasteiger partial charge in [-0.1, -0.05) is 6.92 Å². The summed E-state index contributed by atoms with van der Waals surface area (Å²) in [5.41, 5.74) is 3.58. The number of alkyl halides is 3. The summed E-state index contributed by atoms with van der Waals surface area (Å²) in [5, 5.41) is 13.3. The Kier molecular flexibility index (Phi) is 7.21. The van der Waals surface area contributed by atoms with Crippen molar-refractivity contribution in [3.63, 3.8) is 0 Å². The molecule has 3 N–H and O–H groups in total. The number of hydrogen-bond acceptors (Lipinski definition) is 6. The van der Waals surface area contributed by atoms with Gasteiger partial charge >= 0.3 is 18.2 Å². The van der Waals surface area contributed by atoms with E-state index in [0.29, 0.717) is 23.7 Å². The van der Waals surface area contributed by atoms with Crippen LogP contribution in [0.5, 0.6) is 0 Å². The fraction of sp³-hybridized carbons (Fsp3) is 0.391. The molecule has 198 valence electrons. The molecule has 0 spiro atoms. The smallest absolute Gasteiger partial charge is 0.475 e. The Morgan fingerprint density at radius 1 is 1.22 bits per heavy atom. The summed E-state index contributed by atoms with van der Waals surface area (Å²) in [6.45, 7) is 8.19.